The molecule has 0 unspecified atom stereocenters. The molecule has 1 aliphatic rings. The van der Waals surface area contributed by atoms with Gasteiger partial charge < -0.3 is 4.74 Å². The number of thioether (sulfide) groups is 1. The van der Waals surface area contributed by atoms with Crippen molar-refractivity contribution < 1.29 is 14.3 Å². The molecule has 0 saturated carbocycles. The predicted molar refractivity (Wildman–Crippen MR) is 123 cm³/mol. The van der Waals surface area contributed by atoms with E-state index in [-0.39, 0.29) is 16.7 Å². The lowest BCUT2D eigenvalue weighted by atomic mass is 10.2. The van der Waals surface area contributed by atoms with Crippen LogP contribution in [0, 0.1) is 0 Å². The Morgan fingerprint density at radius 2 is 1.90 bits per heavy atom. The SMILES string of the molecule is O=C(Oc1ccc(C=C2SC(=S)N(c3ccccc3)C2=O)cc1Cl)c1cccs1. The van der Waals surface area contributed by atoms with E-state index in [1.165, 1.54) is 28.0 Å². The fourth-order valence-corrected chi connectivity index (χ4v) is 4.78. The van der Waals surface area contributed by atoms with Crippen LogP contribution in [0.2, 0.25) is 5.02 Å². The zero-order chi connectivity index (χ0) is 20.4. The number of hydrogen-bond donors (Lipinski definition) is 0. The van der Waals surface area contributed by atoms with Crippen LogP contribution in [0.3, 0.4) is 0 Å². The van der Waals surface area contributed by atoms with Gasteiger partial charge in [0.25, 0.3) is 5.91 Å². The summed E-state index contributed by atoms with van der Waals surface area (Å²) in [7, 11) is 0. The lowest BCUT2D eigenvalue weighted by molar-refractivity contribution is -0.113. The highest BCUT2D eigenvalue weighted by molar-refractivity contribution is 8.27. The quantitative estimate of drug-likeness (QED) is 0.207. The minimum absolute atomic E-state index is 0.185. The zero-order valence-electron chi connectivity index (χ0n) is 14.7. The molecule has 8 heteroatoms. The lowest BCUT2D eigenvalue weighted by Gasteiger charge is -2.13. The Morgan fingerprint density at radius 1 is 1.10 bits per heavy atom. The molecule has 2 aromatic carbocycles. The van der Waals surface area contributed by atoms with E-state index in [1.54, 1.807) is 41.8 Å². The van der Waals surface area contributed by atoms with E-state index >= 15 is 0 Å². The van der Waals surface area contributed by atoms with Crippen LogP contribution < -0.4 is 9.64 Å². The minimum Gasteiger partial charge on any atom is -0.421 e. The molecule has 1 aliphatic heterocycles. The summed E-state index contributed by atoms with van der Waals surface area (Å²) in [5.74, 6) is -0.382. The highest BCUT2D eigenvalue weighted by atomic mass is 35.5. The van der Waals surface area contributed by atoms with Gasteiger partial charge in [-0.1, -0.05) is 65.9 Å². The first kappa shape index (κ1) is 19.8. The van der Waals surface area contributed by atoms with E-state index < -0.39 is 5.97 Å². The number of ether oxygens (including phenoxy) is 1. The summed E-state index contributed by atoms with van der Waals surface area (Å²) in [5, 5.41) is 2.08. The third-order valence-corrected chi connectivity index (χ3v) is 6.43. The summed E-state index contributed by atoms with van der Waals surface area (Å²) in [6.45, 7) is 0. The number of carbonyl (C=O) groups excluding carboxylic acids is 2. The number of benzene rings is 2. The highest BCUT2D eigenvalue weighted by Gasteiger charge is 2.33. The number of nitrogens with zero attached hydrogens (tertiary/aromatic N) is 1. The first-order valence-electron chi connectivity index (χ1n) is 8.41. The summed E-state index contributed by atoms with van der Waals surface area (Å²) in [5.41, 5.74) is 1.44. The molecule has 0 atom stereocenters. The van der Waals surface area contributed by atoms with Crippen LogP contribution >= 0.6 is 46.9 Å². The predicted octanol–water partition coefficient (Wildman–Crippen LogP) is 6.03. The molecule has 4 nitrogen and oxygen atoms in total. The van der Waals surface area contributed by atoms with E-state index in [2.05, 4.69) is 0 Å². The minimum atomic E-state index is -0.460. The van der Waals surface area contributed by atoms with Gasteiger partial charge in [0.2, 0.25) is 0 Å². The normalized spacial score (nSPS) is 15.2. The number of hydrogen-bond acceptors (Lipinski definition) is 6. The fraction of sp³-hybridized carbons (Fsp3) is 0. The van der Waals surface area contributed by atoms with Crippen LogP contribution in [0.1, 0.15) is 15.2 Å². The maximum Gasteiger partial charge on any atom is 0.353 e. The van der Waals surface area contributed by atoms with Crippen molar-refractivity contribution in [2.24, 2.45) is 0 Å². The molecule has 0 N–H and O–H groups in total. The third-order valence-electron chi connectivity index (χ3n) is 3.99. The number of para-hydroxylation sites is 1. The van der Waals surface area contributed by atoms with Gasteiger partial charge >= 0.3 is 5.97 Å². The van der Waals surface area contributed by atoms with Crippen molar-refractivity contribution in [2.75, 3.05) is 4.90 Å². The molecule has 1 aromatic heterocycles. The van der Waals surface area contributed by atoms with Crippen LogP contribution in [0.25, 0.3) is 6.08 Å². The van der Waals surface area contributed by atoms with Gasteiger partial charge in [-0.25, -0.2) is 4.79 Å². The number of thiocarbonyl (C=S) groups is 1. The van der Waals surface area contributed by atoms with Crippen molar-refractivity contribution in [3.63, 3.8) is 0 Å². The summed E-state index contributed by atoms with van der Waals surface area (Å²) in [6, 6.07) is 17.7. The molecule has 1 amide bonds. The standard InChI is InChI=1S/C21H12ClNO3S3/c22-15-11-13(8-9-16(15)26-20(25)17-7-4-10-28-17)12-18-19(24)23(21(27)29-18)14-5-2-1-3-6-14/h1-12H. The molecule has 29 heavy (non-hydrogen) atoms. The van der Waals surface area contributed by atoms with Crippen molar-refractivity contribution in [1.82, 2.24) is 0 Å². The monoisotopic (exact) mass is 457 g/mol. The Morgan fingerprint density at radius 3 is 2.59 bits per heavy atom. The van der Waals surface area contributed by atoms with Gasteiger partial charge in [-0.2, -0.15) is 0 Å². The van der Waals surface area contributed by atoms with Crippen LogP contribution in [0.4, 0.5) is 5.69 Å². The maximum absolute atomic E-state index is 12.8. The van der Waals surface area contributed by atoms with E-state index in [1.807, 2.05) is 30.3 Å². The number of amides is 1. The second kappa shape index (κ2) is 8.51. The average molecular weight is 458 g/mol. The van der Waals surface area contributed by atoms with E-state index in [9.17, 15) is 9.59 Å². The number of esters is 1. The Labute approximate surface area is 185 Å². The molecule has 0 spiro atoms. The highest BCUT2D eigenvalue weighted by Crippen LogP contribution is 2.36. The number of rotatable bonds is 4. The summed E-state index contributed by atoms with van der Waals surface area (Å²) >= 11 is 14.2. The summed E-state index contributed by atoms with van der Waals surface area (Å²) < 4.78 is 5.82. The van der Waals surface area contributed by atoms with Crippen molar-refractivity contribution in [3.8, 4) is 5.75 Å². The fourth-order valence-electron chi connectivity index (χ4n) is 2.65. The van der Waals surface area contributed by atoms with Gasteiger partial charge in [0.15, 0.2) is 4.32 Å². The molecule has 0 aliphatic carbocycles. The first-order chi connectivity index (χ1) is 14.0. The number of halogens is 1. The molecule has 144 valence electrons. The Hall–Kier alpha value is -2.45. The van der Waals surface area contributed by atoms with Crippen LogP contribution in [-0.2, 0) is 4.79 Å². The maximum atomic E-state index is 12.8. The number of thiophene rings is 1. The van der Waals surface area contributed by atoms with Crippen molar-refractivity contribution in [3.05, 3.63) is 86.4 Å². The van der Waals surface area contributed by atoms with Crippen LogP contribution in [0.15, 0.2) is 70.9 Å². The lowest BCUT2D eigenvalue weighted by Crippen LogP contribution is -2.27. The topological polar surface area (TPSA) is 46.6 Å². The molecule has 4 rings (SSSR count). The van der Waals surface area contributed by atoms with E-state index in [0.29, 0.717) is 19.7 Å². The molecule has 3 aromatic rings. The van der Waals surface area contributed by atoms with Crippen molar-refractivity contribution in [1.29, 1.82) is 0 Å². The second-order valence-corrected chi connectivity index (χ2v) is 8.94. The van der Waals surface area contributed by atoms with Gasteiger partial charge in [-0.15, -0.1) is 11.3 Å². The zero-order valence-corrected chi connectivity index (χ0v) is 17.9. The molecule has 2 heterocycles. The van der Waals surface area contributed by atoms with Gasteiger partial charge in [0, 0.05) is 0 Å². The molecule has 1 fully saturated rings. The molecular weight excluding hydrogens is 446 g/mol. The first-order valence-corrected chi connectivity index (χ1v) is 10.9. The van der Waals surface area contributed by atoms with Gasteiger partial charge in [-0.05, 0) is 47.4 Å². The summed E-state index contributed by atoms with van der Waals surface area (Å²) in [6.07, 6.45) is 1.72. The Kier molecular flexibility index (Phi) is 5.82. The number of anilines is 1. The Bertz CT molecular complexity index is 1130. The van der Waals surface area contributed by atoms with Gasteiger partial charge in [-0.3, -0.25) is 9.69 Å². The van der Waals surface area contributed by atoms with Gasteiger partial charge in [0.05, 0.1) is 15.6 Å². The van der Waals surface area contributed by atoms with Gasteiger partial charge in [0.1, 0.15) is 10.6 Å². The third kappa shape index (κ3) is 4.28. The van der Waals surface area contributed by atoms with Crippen molar-refractivity contribution in [2.45, 2.75) is 0 Å². The largest absolute Gasteiger partial charge is 0.421 e. The second-order valence-electron chi connectivity index (χ2n) is 5.91. The summed E-state index contributed by atoms with van der Waals surface area (Å²) in [4.78, 5) is 27.4. The van der Waals surface area contributed by atoms with Crippen molar-refractivity contribution >= 4 is 74.9 Å². The molecule has 1 saturated heterocycles. The average Bonchev–Trinajstić information content (AvgIpc) is 3.34. The number of carbonyl (C=O) groups is 2. The molecular formula is C21H12ClNO3S3. The Balaban J connectivity index is 1.54. The van der Waals surface area contributed by atoms with E-state index in [0.717, 1.165) is 5.69 Å². The molecule has 0 radical (unpaired) electrons. The van der Waals surface area contributed by atoms with Crippen LogP contribution in [0.5, 0.6) is 5.75 Å². The van der Waals surface area contributed by atoms with E-state index in [4.69, 9.17) is 28.6 Å². The molecule has 0 bridgehead atoms. The van der Waals surface area contributed by atoms with Crippen LogP contribution in [-0.4, -0.2) is 16.2 Å². The smallest absolute Gasteiger partial charge is 0.353 e.